The van der Waals surface area contributed by atoms with Crippen molar-refractivity contribution in [1.29, 1.82) is 0 Å². The van der Waals surface area contributed by atoms with Gasteiger partial charge in [0.05, 0.1) is 0 Å². The number of rotatable bonds is 0. The zero-order chi connectivity index (χ0) is 12.2. The number of hydrogen-bond acceptors (Lipinski definition) is 2. The van der Waals surface area contributed by atoms with Gasteiger partial charge in [-0.05, 0) is 26.4 Å². The van der Waals surface area contributed by atoms with E-state index in [9.17, 15) is 0 Å². The second-order valence-electron chi connectivity index (χ2n) is 5.13. The molecule has 0 amide bonds. The third-order valence-corrected chi connectivity index (χ3v) is 4.52. The molecule has 0 spiro atoms. The van der Waals surface area contributed by atoms with Crippen molar-refractivity contribution >= 4 is 12.6 Å². The number of benzene rings is 1. The molecule has 3 heteroatoms. The smallest absolute Gasteiger partial charge is 0.0299 e. The van der Waals surface area contributed by atoms with Crippen LogP contribution in [0.25, 0.3) is 0 Å². The van der Waals surface area contributed by atoms with Crippen LogP contribution in [0.2, 0.25) is 0 Å². The Labute approximate surface area is 125 Å². The van der Waals surface area contributed by atoms with Crippen LogP contribution in [0.15, 0.2) is 12.1 Å². The fourth-order valence-corrected chi connectivity index (χ4v) is 3.35. The van der Waals surface area contributed by atoms with Gasteiger partial charge in [-0.2, -0.15) is 36.4 Å². The molecule has 1 fully saturated rings. The molecule has 92 valence electrons. The van der Waals surface area contributed by atoms with Gasteiger partial charge in [-0.25, -0.2) is 0 Å². The molecule has 1 heterocycles. The SMILES string of the molecule is [3H]C1[C@@H]2Cc3ccc(C)[c-]c3[C@@]1(S)CCN2C.[W]. The number of aryl methyl sites for hydroxylation is 1. The van der Waals surface area contributed by atoms with Crippen LogP contribution in [0.3, 0.4) is 0 Å². The second-order valence-corrected chi connectivity index (χ2v) is 5.93. The summed E-state index contributed by atoms with van der Waals surface area (Å²) in [7, 11) is 2.13. The fraction of sp³-hybridized carbons (Fsp3) is 0.571. The summed E-state index contributed by atoms with van der Waals surface area (Å²) in [5, 5.41) is 0. The van der Waals surface area contributed by atoms with Gasteiger partial charge in [0.25, 0.3) is 0 Å². The van der Waals surface area contributed by atoms with E-state index in [2.05, 4.69) is 37.1 Å². The van der Waals surface area contributed by atoms with Gasteiger partial charge >= 0.3 is 0 Å². The molecule has 1 aromatic rings. The number of piperidine rings is 1. The van der Waals surface area contributed by atoms with Crippen LogP contribution in [-0.2, 0) is 32.2 Å². The van der Waals surface area contributed by atoms with Crippen molar-refractivity contribution in [2.75, 3.05) is 13.6 Å². The minimum Gasteiger partial charge on any atom is -0.304 e. The van der Waals surface area contributed by atoms with Crippen molar-refractivity contribution in [2.45, 2.75) is 37.0 Å². The zero-order valence-corrected chi connectivity index (χ0v) is 14.1. The Balaban J connectivity index is 0.00000120. The summed E-state index contributed by atoms with van der Waals surface area (Å²) >= 11 is 4.88. The molecule has 0 N–H and O–H groups in total. The number of likely N-dealkylation sites (N-methyl/N-ethyl adjacent to an activating group) is 1. The summed E-state index contributed by atoms with van der Waals surface area (Å²) in [6.45, 7) is 3.10. The summed E-state index contributed by atoms with van der Waals surface area (Å²) in [6.07, 6.45) is 1.78. The van der Waals surface area contributed by atoms with Crippen LogP contribution < -0.4 is 0 Å². The van der Waals surface area contributed by atoms with E-state index in [-0.39, 0.29) is 32.2 Å². The molecule has 0 radical (unpaired) electrons. The average Bonchev–Trinajstić information content (AvgIpc) is 2.30. The van der Waals surface area contributed by atoms with Gasteiger partial charge in [-0.3, -0.25) is 0 Å². The van der Waals surface area contributed by atoms with Gasteiger partial charge in [0.15, 0.2) is 0 Å². The van der Waals surface area contributed by atoms with Gasteiger partial charge in [0, 0.05) is 33.2 Å². The molecule has 0 aromatic heterocycles. The minimum absolute atomic E-state index is 0. The summed E-state index contributed by atoms with van der Waals surface area (Å²) in [6, 6.07) is 8.08. The van der Waals surface area contributed by atoms with Crippen LogP contribution in [0.1, 0.15) is 30.9 Å². The molecule has 1 aromatic carbocycles. The number of nitrogens with zero attached hydrogens (tertiary/aromatic N) is 1. The van der Waals surface area contributed by atoms with E-state index < -0.39 is 0 Å². The molecule has 1 unspecified atom stereocenters. The molecule has 1 saturated heterocycles. The standard InChI is InChI=1S/C14H18NS.W/c1-10-3-4-11-8-12-9-14(16,13(11)7-10)5-6-15(12)2;/h3-4,12,16H,5-6,8-9H2,1-2H3;/q-1;/t12-,14+;/m0./s1/i9T;/t9?,12-,14+;. The normalized spacial score (nSPS) is 36.8. The fourth-order valence-electron chi connectivity index (χ4n) is 2.87. The Morgan fingerprint density at radius 3 is 3.12 bits per heavy atom. The van der Waals surface area contributed by atoms with E-state index in [4.69, 9.17) is 14.0 Å². The van der Waals surface area contributed by atoms with Gasteiger partial charge in [0.1, 0.15) is 0 Å². The van der Waals surface area contributed by atoms with Gasteiger partial charge < -0.3 is 4.90 Å². The largest absolute Gasteiger partial charge is 0.304 e. The third-order valence-electron chi connectivity index (χ3n) is 3.92. The molecule has 1 aliphatic heterocycles. The second kappa shape index (κ2) is 4.72. The average molecular weight is 418 g/mol. The van der Waals surface area contributed by atoms with E-state index in [0.717, 1.165) is 24.9 Å². The quantitative estimate of drug-likeness (QED) is 0.501. The Hall–Kier alpha value is 0.218. The van der Waals surface area contributed by atoms with Crippen LogP contribution >= 0.6 is 12.6 Å². The first-order valence-corrected chi connectivity index (χ1v) is 6.34. The summed E-state index contributed by atoms with van der Waals surface area (Å²) in [5.41, 5.74) is 3.68. The molecule has 2 bridgehead atoms. The first-order valence-electron chi connectivity index (χ1n) is 6.47. The van der Waals surface area contributed by atoms with Crippen molar-refractivity contribution in [3.8, 4) is 0 Å². The topological polar surface area (TPSA) is 3.24 Å². The van der Waals surface area contributed by atoms with Crippen LogP contribution in [0.5, 0.6) is 0 Å². The van der Waals surface area contributed by atoms with Crippen LogP contribution in [0, 0.1) is 13.0 Å². The van der Waals surface area contributed by atoms with Gasteiger partial charge in [-0.15, -0.1) is 11.1 Å². The van der Waals surface area contributed by atoms with Crippen molar-refractivity contribution in [2.24, 2.45) is 0 Å². The summed E-state index contributed by atoms with van der Waals surface area (Å²) < 4.78 is 8.18. The monoisotopic (exact) mass is 418 g/mol. The van der Waals surface area contributed by atoms with Crippen molar-refractivity contribution < 1.29 is 22.4 Å². The Kier molecular flexibility index (Phi) is 3.40. The third kappa shape index (κ3) is 2.24. The molecule has 0 saturated carbocycles. The molecule has 1 nitrogen and oxygen atoms in total. The molecular formula is C14H18NSW-. The van der Waals surface area contributed by atoms with Crippen molar-refractivity contribution in [1.82, 2.24) is 4.90 Å². The molecule has 2 aliphatic rings. The van der Waals surface area contributed by atoms with E-state index in [1.807, 2.05) is 0 Å². The van der Waals surface area contributed by atoms with E-state index in [1.54, 1.807) is 0 Å². The van der Waals surface area contributed by atoms with E-state index in [1.165, 1.54) is 11.1 Å². The van der Waals surface area contributed by atoms with Crippen LogP contribution in [-0.4, -0.2) is 24.5 Å². The summed E-state index contributed by atoms with van der Waals surface area (Å²) in [5.74, 6) is 0. The maximum atomic E-state index is 8.48. The Morgan fingerprint density at radius 1 is 1.59 bits per heavy atom. The molecule has 17 heavy (non-hydrogen) atoms. The van der Waals surface area contributed by atoms with E-state index in [0.29, 0.717) is 6.04 Å². The predicted molar refractivity (Wildman–Crippen MR) is 70.0 cm³/mol. The first-order chi connectivity index (χ1) is 8.02. The van der Waals surface area contributed by atoms with Crippen molar-refractivity contribution in [3.63, 3.8) is 0 Å². The van der Waals surface area contributed by atoms with Gasteiger partial charge in [-0.1, -0.05) is 13.3 Å². The van der Waals surface area contributed by atoms with Crippen molar-refractivity contribution in [3.05, 3.63) is 34.9 Å². The van der Waals surface area contributed by atoms with E-state index >= 15 is 0 Å². The maximum Gasteiger partial charge on any atom is 0.0299 e. The summed E-state index contributed by atoms with van der Waals surface area (Å²) in [4.78, 5) is 2.31. The Morgan fingerprint density at radius 2 is 2.35 bits per heavy atom. The maximum absolute atomic E-state index is 8.48. The number of hydrogen-bond donors (Lipinski definition) is 1. The molecule has 3 atom stereocenters. The number of thiol groups is 1. The van der Waals surface area contributed by atoms with Gasteiger partial charge in [0.2, 0.25) is 0 Å². The predicted octanol–water partition coefficient (Wildman–Crippen LogP) is 2.57. The molecular weight excluding hydrogens is 398 g/mol. The number of likely N-dealkylation sites (tertiary alicyclic amines) is 1. The Bertz CT molecular complexity index is 467. The van der Waals surface area contributed by atoms with Crippen LogP contribution in [0.4, 0.5) is 0 Å². The molecule has 3 rings (SSSR count). The number of fused-ring (bicyclic) bond motifs is 4. The zero-order valence-electron chi connectivity index (χ0n) is 11.2. The molecule has 1 aliphatic carbocycles. The minimum atomic E-state index is -0.295. The first kappa shape index (κ1) is 12.3.